The summed E-state index contributed by atoms with van der Waals surface area (Å²) in [6.45, 7) is 5.36. The van der Waals surface area contributed by atoms with Crippen molar-refractivity contribution in [2.24, 2.45) is 5.73 Å². The van der Waals surface area contributed by atoms with E-state index in [-0.39, 0.29) is 12.3 Å². The average Bonchev–Trinajstić information content (AvgIpc) is 2.19. The molecule has 0 spiro atoms. The van der Waals surface area contributed by atoms with Crippen LogP contribution < -0.4 is 11.1 Å². The molecule has 0 bridgehead atoms. The van der Waals surface area contributed by atoms with E-state index in [1.165, 1.54) is 0 Å². The highest BCUT2D eigenvalue weighted by atomic mass is 35.5. The zero-order valence-electron chi connectivity index (χ0n) is 11.2. The van der Waals surface area contributed by atoms with E-state index in [1.54, 1.807) is 39.0 Å². The molecule has 0 aliphatic carbocycles. The fraction of sp³-hybridized carbons (Fsp3) is 0.385. The summed E-state index contributed by atoms with van der Waals surface area (Å²) in [6, 6.07) is 4.98. The number of anilines is 1. The number of rotatable bonds is 3. The Morgan fingerprint density at radius 2 is 2.11 bits per heavy atom. The number of nitrogens with two attached hydrogens (primary N) is 1. The van der Waals surface area contributed by atoms with Crippen LogP contribution in [0, 0.1) is 5.41 Å². The normalized spacial score (nSPS) is 10.9. The van der Waals surface area contributed by atoms with Gasteiger partial charge in [-0.3, -0.25) is 10.7 Å². The second-order valence-corrected chi connectivity index (χ2v) is 5.54. The molecule has 0 aliphatic rings. The Labute approximate surface area is 117 Å². The van der Waals surface area contributed by atoms with Crippen LogP contribution in [-0.4, -0.2) is 17.5 Å². The van der Waals surface area contributed by atoms with Gasteiger partial charge in [-0.15, -0.1) is 0 Å². The molecule has 0 aliphatic heterocycles. The number of hydrogen-bond donors (Lipinski definition) is 3. The first-order valence-corrected chi connectivity index (χ1v) is 6.16. The van der Waals surface area contributed by atoms with E-state index in [4.69, 9.17) is 27.5 Å². The van der Waals surface area contributed by atoms with E-state index in [2.05, 4.69) is 5.32 Å². The van der Waals surface area contributed by atoms with Gasteiger partial charge in [0.05, 0.1) is 5.84 Å². The van der Waals surface area contributed by atoms with Gasteiger partial charge in [-0.1, -0.05) is 11.6 Å². The zero-order chi connectivity index (χ0) is 14.6. The minimum absolute atomic E-state index is 0.0105. The molecule has 4 N–H and O–H groups in total. The number of benzene rings is 1. The van der Waals surface area contributed by atoms with Crippen LogP contribution in [0.2, 0.25) is 5.02 Å². The molecular formula is C13H18ClN3O2. The number of hydrogen-bond acceptors (Lipinski definition) is 3. The van der Waals surface area contributed by atoms with Gasteiger partial charge < -0.3 is 10.5 Å². The Kier molecular flexibility index (Phi) is 4.78. The molecule has 0 saturated heterocycles. The number of nitrogens with one attached hydrogen (secondary N) is 2. The van der Waals surface area contributed by atoms with Gasteiger partial charge in [0.1, 0.15) is 5.60 Å². The molecule has 0 radical (unpaired) electrons. The average molecular weight is 284 g/mol. The van der Waals surface area contributed by atoms with Crippen molar-refractivity contribution in [1.29, 1.82) is 5.41 Å². The molecule has 1 aromatic rings. The van der Waals surface area contributed by atoms with Crippen molar-refractivity contribution in [3.63, 3.8) is 0 Å². The third-order valence-electron chi connectivity index (χ3n) is 2.07. The monoisotopic (exact) mass is 283 g/mol. The summed E-state index contributed by atoms with van der Waals surface area (Å²) in [5, 5.41) is 10.4. The molecule has 0 aromatic heterocycles. The van der Waals surface area contributed by atoms with E-state index in [1.807, 2.05) is 0 Å². The first-order valence-electron chi connectivity index (χ1n) is 5.79. The van der Waals surface area contributed by atoms with Gasteiger partial charge in [0.15, 0.2) is 0 Å². The number of carbonyl (C=O) groups is 1. The molecule has 0 atom stereocenters. The summed E-state index contributed by atoms with van der Waals surface area (Å²) in [5.41, 5.74) is 6.02. The summed E-state index contributed by atoms with van der Waals surface area (Å²) >= 11 is 5.99. The van der Waals surface area contributed by atoms with E-state index in [9.17, 15) is 4.79 Å². The van der Waals surface area contributed by atoms with Gasteiger partial charge in [0.25, 0.3) is 0 Å². The van der Waals surface area contributed by atoms with Gasteiger partial charge in [0.2, 0.25) is 0 Å². The van der Waals surface area contributed by atoms with Crippen LogP contribution in [0.5, 0.6) is 0 Å². The Hall–Kier alpha value is -1.75. The second-order valence-electron chi connectivity index (χ2n) is 5.14. The van der Waals surface area contributed by atoms with Crippen LogP contribution in [-0.2, 0) is 11.2 Å². The van der Waals surface area contributed by atoms with Gasteiger partial charge in [0, 0.05) is 17.1 Å². The van der Waals surface area contributed by atoms with Crippen molar-refractivity contribution >= 4 is 29.2 Å². The third kappa shape index (κ3) is 5.61. The maximum atomic E-state index is 11.6. The van der Waals surface area contributed by atoms with Crippen molar-refractivity contribution in [2.45, 2.75) is 32.8 Å². The summed E-state index contributed by atoms with van der Waals surface area (Å²) in [4.78, 5) is 11.6. The molecule has 5 nitrogen and oxygen atoms in total. The van der Waals surface area contributed by atoms with E-state index in [0.29, 0.717) is 16.3 Å². The van der Waals surface area contributed by atoms with Crippen LogP contribution >= 0.6 is 11.6 Å². The minimum atomic E-state index is -0.557. The van der Waals surface area contributed by atoms with Gasteiger partial charge in [-0.05, 0) is 44.5 Å². The van der Waals surface area contributed by atoms with Crippen molar-refractivity contribution in [3.8, 4) is 0 Å². The summed E-state index contributed by atoms with van der Waals surface area (Å²) in [5.74, 6) is 0.0105. The SMILES string of the molecule is CC(C)(C)OC(=O)Nc1ccc(Cl)c(CC(=N)N)c1. The van der Waals surface area contributed by atoms with E-state index < -0.39 is 11.7 Å². The van der Waals surface area contributed by atoms with Gasteiger partial charge >= 0.3 is 6.09 Å². The van der Waals surface area contributed by atoms with Crippen molar-refractivity contribution < 1.29 is 9.53 Å². The molecule has 0 heterocycles. The van der Waals surface area contributed by atoms with Crippen LogP contribution in [0.1, 0.15) is 26.3 Å². The van der Waals surface area contributed by atoms with Crippen LogP contribution in [0.3, 0.4) is 0 Å². The highest BCUT2D eigenvalue weighted by molar-refractivity contribution is 6.31. The molecule has 19 heavy (non-hydrogen) atoms. The first kappa shape index (κ1) is 15.3. The standard InChI is InChI=1S/C13H18ClN3O2/c1-13(2,3)19-12(18)17-9-4-5-10(14)8(6-9)7-11(15)16/h4-6H,7H2,1-3H3,(H3,15,16)(H,17,18). The van der Waals surface area contributed by atoms with Crippen LogP contribution in [0.15, 0.2) is 18.2 Å². The maximum Gasteiger partial charge on any atom is 0.412 e. The largest absolute Gasteiger partial charge is 0.444 e. The maximum absolute atomic E-state index is 11.6. The van der Waals surface area contributed by atoms with Crippen LogP contribution in [0.25, 0.3) is 0 Å². The smallest absolute Gasteiger partial charge is 0.412 e. The second kappa shape index (κ2) is 5.93. The van der Waals surface area contributed by atoms with Crippen molar-refractivity contribution in [2.75, 3.05) is 5.32 Å². The minimum Gasteiger partial charge on any atom is -0.444 e. The van der Waals surface area contributed by atoms with Gasteiger partial charge in [-0.2, -0.15) is 0 Å². The number of amides is 1. The molecule has 104 valence electrons. The lowest BCUT2D eigenvalue weighted by Gasteiger charge is -2.19. The van der Waals surface area contributed by atoms with Crippen molar-refractivity contribution in [3.05, 3.63) is 28.8 Å². The molecule has 0 unspecified atom stereocenters. The lowest BCUT2D eigenvalue weighted by Crippen LogP contribution is -2.27. The lowest BCUT2D eigenvalue weighted by atomic mass is 10.1. The number of halogens is 1. The van der Waals surface area contributed by atoms with Crippen LogP contribution in [0.4, 0.5) is 10.5 Å². The number of ether oxygens (including phenoxy) is 1. The molecule has 1 aromatic carbocycles. The van der Waals surface area contributed by atoms with Crippen molar-refractivity contribution in [1.82, 2.24) is 0 Å². The molecule has 1 amide bonds. The Morgan fingerprint density at radius 3 is 2.63 bits per heavy atom. The highest BCUT2D eigenvalue weighted by Crippen LogP contribution is 2.21. The molecule has 6 heteroatoms. The Bertz CT molecular complexity index is 495. The third-order valence-corrected chi connectivity index (χ3v) is 2.44. The fourth-order valence-electron chi connectivity index (χ4n) is 1.41. The molecule has 0 fully saturated rings. The summed E-state index contributed by atoms with van der Waals surface area (Å²) in [7, 11) is 0. The fourth-order valence-corrected chi connectivity index (χ4v) is 1.60. The number of amidine groups is 1. The van der Waals surface area contributed by atoms with E-state index >= 15 is 0 Å². The predicted molar refractivity (Wildman–Crippen MR) is 76.9 cm³/mol. The van der Waals surface area contributed by atoms with E-state index in [0.717, 1.165) is 0 Å². The molecule has 0 saturated carbocycles. The molecular weight excluding hydrogens is 266 g/mol. The van der Waals surface area contributed by atoms with Gasteiger partial charge in [-0.25, -0.2) is 4.79 Å². The Morgan fingerprint density at radius 1 is 1.47 bits per heavy atom. The predicted octanol–water partition coefficient (Wildman–Crippen LogP) is 3.17. The number of carbonyl (C=O) groups excluding carboxylic acids is 1. The Balaban J connectivity index is 2.79. The zero-order valence-corrected chi connectivity index (χ0v) is 12.0. The summed E-state index contributed by atoms with van der Waals surface area (Å²) in [6.07, 6.45) is -0.300. The lowest BCUT2D eigenvalue weighted by molar-refractivity contribution is 0.0636. The topological polar surface area (TPSA) is 88.2 Å². The summed E-state index contributed by atoms with van der Waals surface area (Å²) < 4.78 is 5.14. The quantitative estimate of drug-likeness (QED) is 0.588. The highest BCUT2D eigenvalue weighted by Gasteiger charge is 2.16. The first-order chi connectivity index (χ1) is 8.67. The molecule has 1 rings (SSSR count).